The molecule has 0 aromatic heterocycles. The molecule has 3 rings (SSSR count). The Bertz CT molecular complexity index is 999. The van der Waals surface area contributed by atoms with Crippen molar-refractivity contribution in [2.75, 3.05) is 5.32 Å². The fourth-order valence-corrected chi connectivity index (χ4v) is 2.62. The average Bonchev–Trinajstić information content (AvgIpc) is 2.83. The second-order valence-corrected chi connectivity index (χ2v) is 11.7. The molecule has 0 aliphatic heterocycles. The molecule has 0 saturated heterocycles. The van der Waals surface area contributed by atoms with Crippen LogP contribution in [0.2, 0.25) is 0 Å². The summed E-state index contributed by atoms with van der Waals surface area (Å²) in [5, 5.41) is 3.30. The number of rotatable bonds is 2. The molecule has 0 saturated carbocycles. The number of benzene rings is 2. The molecule has 0 amide bonds. The van der Waals surface area contributed by atoms with Crippen molar-refractivity contribution < 1.29 is 69.8 Å². The molecule has 222 valence electrons. The fraction of sp³-hybridized carbons (Fsp3) is 0.227. The number of para-hydroxylation sites is 2. The molecule has 1 aliphatic carbocycles. The predicted molar refractivity (Wildman–Crippen MR) is 129 cm³/mol. The summed E-state index contributed by atoms with van der Waals surface area (Å²) in [5.41, 5.74) is 8.11. The van der Waals surface area contributed by atoms with Crippen molar-refractivity contribution >= 4 is 27.0 Å². The van der Waals surface area contributed by atoms with Gasteiger partial charge in [-0.25, -0.2) is 0 Å². The molecule has 0 atom stereocenters. The topological polar surface area (TPSA) is 12.0 Å². The zero-order valence-electron chi connectivity index (χ0n) is 20.5. The molecule has 0 unspecified atom stereocenters. The van der Waals surface area contributed by atoms with E-state index in [-0.39, 0.29) is 19.5 Å². The van der Waals surface area contributed by atoms with Gasteiger partial charge < -0.3 is 5.32 Å². The van der Waals surface area contributed by atoms with Gasteiger partial charge in [0.15, 0.2) is 0 Å². The van der Waals surface area contributed by atoms with Crippen LogP contribution >= 0.6 is 15.6 Å². The Hall–Kier alpha value is -1.64. The Kier molecular flexibility index (Phi) is 11.6. The Morgan fingerprint density at radius 1 is 0.421 bits per heavy atom. The van der Waals surface area contributed by atoms with Crippen LogP contribution in [0, 0.1) is 5.92 Å². The maximum atomic E-state index is 9.87. The molecule has 1 aliphatic rings. The summed E-state index contributed by atoms with van der Waals surface area (Å²) in [6, 6.07) is 20.3. The summed E-state index contributed by atoms with van der Waals surface area (Å²) in [7, 11) is -21.3. The minimum absolute atomic E-state index is 0. The monoisotopic (exact) mass is 697 g/mol. The largest absolute Gasteiger partial charge is 2.00 e. The number of allylic oxidation sites excluding steroid dienone is 4. The van der Waals surface area contributed by atoms with E-state index in [9.17, 15) is 50.4 Å². The smallest absolute Gasteiger partial charge is 0.356 e. The van der Waals surface area contributed by atoms with Gasteiger partial charge >= 0.3 is 85.5 Å². The zero-order valence-corrected chi connectivity index (χ0v) is 24.0. The van der Waals surface area contributed by atoms with Crippen molar-refractivity contribution in [3.63, 3.8) is 0 Å². The van der Waals surface area contributed by atoms with Crippen molar-refractivity contribution in [3.8, 4) is 0 Å². The van der Waals surface area contributed by atoms with Crippen LogP contribution in [0.1, 0.15) is 34.6 Å². The summed E-state index contributed by atoms with van der Waals surface area (Å²) in [6.07, 6.45) is 0. The van der Waals surface area contributed by atoms with Crippen LogP contribution in [0.25, 0.3) is 0 Å². The third-order valence-electron chi connectivity index (χ3n) is 4.65. The first-order valence-corrected chi connectivity index (χ1v) is 14.2. The van der Waals surface area contributed by atoms with E-state index in [1.165, 1.54) is 28.2 Å². The van der Waals surface area contributed by atoms with Gasteiger partial charge in [0.25, 0.3) is 0 Å². The first-order chi connectivity index (χ1) is 15.9. The molecular weight excluding hydrogens is 671 g/mol. The van der Waals surface area contributed by atoms with Gasteiger partial charge in [0, 0.05) is 17.3 Å². The van der Waals surface area contributed by atoms with Gasteiger partial charge in [0.05, 0.1) is 0 Å². The second kappa shape index (κ2) is 11.5. The van der Waals surface area contributed by atoms with E-state index in [1.54, 1.807) is 0 Å². The summed E-state index contributed by atoms with van der Waals surface area (Å²) < 4.78 is 118. The van der Waals surface area contributed by atoms with Crippen molar-refractivity contribution in [1.29, 1.82) is 0 Å². The van der Waals surface area contributed by atoms with Gasteiger partial charge in [-0.2, -0.15) is 0 Å². The van der Waals surface area contributed by atoms with E-state index in [0.717, 1.165) is 11.4 Å². The minimum atomic E-state index is -10.7. The average molecular weight is 697 g/mol. The maximum Gasteiger partial charge on any atom is 2.00 e. The van der Waals surface area contributed by atoms with E-state index < -0.39 is 15.6 Å². The normalized spacial score (nSPS) is 17.4. The molecule has 0 spiro atoms. The van der Waals surface area contributed by atoms with Crippen LogP contribution in [0.3, 0.4) is 0 Å². The molecule has 0 bridgehead atoms. The standard InChI is InChI=1S/C12H11N.C10H15.2F6P.Rh/c1-3-7-11(8-4-1)13-12-9-5-2-6-10-12;1-6-7(2)9(4)10(5)8(6)3;2*1-7(2,3,4,5)6;/h1-10,13H;1-5H3;;;/q;;2*-1;+2. The number of anilines is 2. The van der Waals surface area contributed by atoms with Crippen LogP contribution in [0.5, 0.6) is 0 Å². The minimum Gasteiger partial charge on any atom is -0.356 e. The van der Waals surface area contributed by atoms with Gasteiger partial charge in [-0.3, -0.25) is 0 Å². The van der Waals surface area contributed by atoms with Crippen LogP contribution in [-0.4, -0.2) is 0 Å². The number of nitrogens with one attached hydrogen (secondary N) is 1. The zero-order chi connectivity index (χ0) is 29.6. The van der Waals surface area contributed by atoms with Crippen LogP contribution in [0.4, 0.5) is 61.7 Å². The SMILES string of the molecule is C[C]1C(C)=C(C)C(C)=C1C.F[P-](F)(F)(F)(F)F.F[P-](F)(F)(F)(F)F.[Rh+2].c1ccc(Nc2ccccc2)cc1. The predicted octanol–water partition coefficient (Wildman–Crippen LogP) is 13.5. The van der Waals surface area contributed by atoms with E-state index in [1.807, 2.05) is 60.7 Å². The maximum absolute atomic E-state index is 10.7. The summed E-state index contributed by atoms with van der Waals surface area (Å²) >= 11 is 0. The number of halogens is 12. The summed E-state index contributed by atoms with van der Waals surface area (Å²) in [6.45, 7) is 11.0. The van der Waals surface area contributed by atoms with Crippen molar-refractivity contribution in [3.05, 3.63) is 88.9 Å². The fourth-order valence-electron chi connectivity index (χ4n) is 2.62. The first-order valence-electron chi connectivity index (χ1n) is 10.1. The third kappa shape index (κ3) is 26.0. The molecule has 38 heavy (non-hydrogen) atoms. The molecular formula is C22H26F12NP2Rh. The van der Waals surface area contributed by atoms with E-state index >= 15 is 0 Å². The molecule has 2 aromatic carbocycles. The van der Waals surface area contributed by atoms with Gasteiger partial charge in [-0.05, 0) is 63.1 Å². The second-order valence-electron chi connectivity index (χ2n) is 7.90. The van der Waals surface area contributed by atoms with Crippen molar-refractivity contribution in [2.24, 2.45) is 0 Å². The van der Waals surface area contributed by atoms with Crippen molar-refractivity contribution in [2.45, 2.75) is 34.6 Å². The van der Waals surface area contributed by atoms with Crippen LogP contribution in [0.15, 0.2) is 83.0 Å². The molecule has 2 aromatic rings. The molecule has 16 heteroatoms. The van der Waals surface area contributed by atoms with Gasteiger partial charge in [0.2, 0.25) is 0 Å². The molecule has 0 fully saturated rings. The van der Waals surface area contributed by atoms with Crippen molar-refractivity contribution in [1.82, 2.24) is 0 Å². The van der Waals surface area contributed by atoms with E-state index in [4.69, 9.17) is 0 Å². The van der Waals surface area contributed by atoms with E-state index in [2.05, 4.69) is 39.9 Å². The molecule has 1 N–H and O–H groups in total. The number of hydrogen-bond acceptors (Lipinski definition) is 1. The molecule has 1 nitrogen and oxygen atoms in total. The van der Waals surface area contributed by atoms with Crippen LogP contribution in [-0.2, 0) is 19.5 Å². The molecule has 2 radical (unpaired) electrons. The third-order valence-corrected chi connectivity index (χ3v) is 4.65. The summed E-state index contributed by atoms with van der Waals surface area (Å²) in [5.74, 6) is 1.47. The Morgan fingerprint density at radius 3 is 0.789 bits per heavy atom. The first kappa shape index (κ1) is 38.5. The summed E-state index contributed by atoms with van der Waals surface area (Å²) in [4.78, 5) is 0. The Morgan fingerprint density at radius 2 is 0.632 bits per heavy atom. The quantitative estimate of drug-likeness (QED) is 0.187. The van der Waals surface area contributed by atoms with Gasteiger partial charge in [-0.1, -0.05) is 54.5 Å². The molecule has 0 heterocycles. The van der Waals surface area contributed by atoms with Gasteiger partial charge in [0.1, 0.15) is 0 Å². The van der Waals surface area contributed by atoms with E-state index in [0.29, 0.717) is 0 Å². The van der Waals surface area contributed by atoms with Crippen LogP contribution < -0.4 is 5.32 Å². The van der Waals surface area contributed by atoms with Gasteiger partial charge in [-0.15, -0.1) is 0 Å². The number of hydrogen-bond donors (Lipinski definition) is 1. The Labute approximate surface area is 225 Å². The Balaban J connectivity index is 0.